The molecule has 4 heterocycles. The first-order valence-electron chi connectivity index (χ1n) is 14.5. The normalized spacial score (nSPS) is 26.5. The number of likely N-dealkylation sites (tertiary alicyclic amines) is 2. The maximum atomic E-state index is 13.3. The van der Waals surface area contributed by atoms with Crippen LogP contribution in [0.4, 0.5) is 0 Å². The number of aryl methyl sites for hydroxylation is 2. The van der Waals surface area contributed by atoms with E-state index in [1.807, 2.05) is 18.7 Å². The summed E-state index contributed by atoms with van der Waals surface area (Å²) in [4.78, 5) is 26.3. The summed E-state index contributed by atoms with van der Waals surface area (Å²) in [6.07, 6.45) is 8.89. The van der Waals surface area contributed by atoms with Gasteiger partial charge in [0, 0.05) is 43.7 Å². The van der Waals surface area contributed by atoms with E-state index >= 15 is 0 Å². The molecule has 0 aromatic carbocycles. The first-order chi connectivity index (χ1) is 18.1. The molecule has 1 aromatic rings. The highest BCUT2D eigenvalue weighted by Gasteiger charge is 2.51. The van der Waals surface area contributed by atoms with Gasteiger partial charge in [0.25, 0.3) is 5.91 Å². The Hall–Kier alpha value is -1.62. The number of amides is 1. The van der Waals surface area contributed by atoms with Crippen LogP contribution in [0, 0.1) is 19.3 Å². The van der Waals surface area contributed by atoms with Crippen LogP contribution in [-0.2, 0) is 14.8 Å². The van der Waals surface area contributed by atoms with E-state index in [-0.39, 0.29) is 28.2 Å². The van der Waals surface area contributed by atoms with E-state index < -0.39 is 10.0 Å². The van der Waals surface area contributed by atoms with Crippen LogP contribution >= 0.6 is 0 Å². The first kappa shape index (κ1) is 27.9. The zero-order valence-electron chi connectivity index (χ0n) is 23.6. The summed E-state index contributed by atoms with van der Waals surface area (Å²) in [6.45, 7) is 13.5. The highest BCUT2D eigenvalue weighted by atomic mass is 32.2. The molecule has 212 valence electrons. The predicted molar refractivity (Wildman–Crippen MR) is 146 cm³/mol. The third-order valence-corrected chi connectivity index (χ3v) is 12.2. The van der Waals surface area contributed by atoms with Crippen LogP contribution in [-0.4, -0.2) is 101 Å². The molecule has 3 aliphatic heterocycles. The molecule has 1 atom stereocenters. The average Bonchev–Trinajstić information content (AvgIpc) is 3.75. The number of carbonyl (C=O) groups excluding carboxylic acids is 1. The Kier molecular flexibility index (Phi) is 7.90. The van der Waals surface area contributed by atoms with Gasteiger partial charge in [0.15, 0.2) is 0 Å². The molecule has 4 fully saturated rings. The second-order valence-corrected chi connectivity index (χ2v) is 14.5. The van der Waals surface area contributed by atoms with Crippen LogP contribution in [0.15, 0.2) is 6.33 Å². The van der Waals surface area contributed by atoms with Crippen LogP contribution in [0.2, 0.25) is 0 Å². The summed E-state index contributed by atoms with van der Waals surface area (Å²) < 4.78 is 34.1. The van der Waals surface area contributed by atoms with E-state index in [1.54, 1.807) is 4.31 Å². The monoisotopic (exact) mass is 547 g/mol. The van der Waals surface area contributed by atoms with Crippen molar-refractivity contribution < 1.29 is 17.9 Å². The van der Waals surface area contributed by atoms with Crippen molar-refractivity contribution in [2.45, 2.75) is 96.0 Å². The van der Waals surface area contributed by atoms with Crippen molar-refractivity contribution in [2.24, 2.45) is 5.41 Å². The molecular formula is C28H45N5O4S. The number of sulfonamides is 1. The van der Waals surface area contributed by atoms with E-state index in [4.69, 9.17) is 4.74 Å². The zero-order chi connectivity index (χ0) is 27.1. The van der Waals surface area contributed by atoms with Crippen molar-refractivity contribution in [1.29, 1.82) is 0 Å². The Morgan fingerprint density at radius 2 is 1.61 bits per heavy atom. The van der Waals surface area contributed by atoms with Gasteiger partial charge in [-0.2, -0.15) is 4.31 Å². The first-order valence-corrected chi connectivity index (χ1v) is 16.0. The minimum Gasteiger partial charge on any atom is -0.376 e. The van der Waals surface area contributed by atoms with Gasteiger partial charge in [0.2, 0.25) is 10.0 Å². The van der Waals surface area contributed by atoms with Crippen LogP contribution < -0.4 is 0 Å². The van der Waals surface area contributed by atoms with E-state index in [0.29, 0.717) is 25.3 Å². The summed E-state index contributed by atoms with van der Waals surface area (Å²) in [7, 11) is -3.17. The van der Waals surface area contributed by atoms with Gasteiger partial charge in [0.1, 0.15) is 6.33 Å². The van der Waals surface area contributed by atoms with E-state index in [1.165, 1.54) is 6.33 Å². The third kappa shape index (κ3) is 5.25. The number of carbonyl (C=O) groups is 1. The second kappa shape index (κ2) is 10.7. The number of rotatable bonds is 7. The topological polar surface area (TPSA) is 95.9 Å². The van der Waals surface area contributed by atoms with Gasteiger partial charge >= 0.3 is 0 Å². The molecule has 1 unspecified atom stereocenters. The Labute approximate surface area is 228 Å². The fourth-order valence-electron chi connectivity index (χ4n) is 6.91. The van der Waals surface area contributed by atoms with Crippen molar-refractivity contribution in [3.05, 3.63) is 23.3 Å². The van der Waals surface area contributed by atoms with Crippen LogP contribution in [0.5, 0.6) is 0 Å². The molecule has 1 spiro atoms. The van der Waals surface area contributed by atoms with Crippen LogP contribution in [0.1, 0.15) is 87.0 Å². The lowest BCUT2D eigenvalue weighted by Gasteiger charge is -2.55. The molecule has 1 amide bonds. The molecule has 0 bridgehead atoms. The summed E-state index contributed by atoms with van der Waals surface area (Å²) >= 11 is 0. The summed E-state index contributed by atoms with van der Waals surface area (Å²) in [5.41, 5.74) is 2.24. The maximum Gasteiger partial charge on any atom is 0.257 e. The number of ether oxygens (including phenoxy) is 1. The van der Waals surface area contributed by atoms with Gasteiger partial charge in [-0.15, -0.1) is 0 Å². The average molecular weight is 548 g/mol. The molecule has 38 heavy (non-hydrogen) atoms. The highest BCUT2D eigenvalue weighted by Crippen LogP contribution is 2.46. The summed E-state index contributed by atoms with van der Waals surface area (Å²) in [6, 6.07) is 0. The molecule has 0 N–H and O–H groups in total. The lowest BCUT2D eigenvalue weighted by Crippen LogP contribution is -2.61. The standard InChI is InChI=1S/C28H45N5O4S/c1-5-18-37-24-19-33(38(35,36)23-6-7-23)17-12-28(24)10-15-32(16-11-28)27(4)8-13-31(14-9-27)26(34)25-21(2)29-20-30-22(25)3/h20,23-24H,5-19H2,1-4H3. The van der Waals surface area contributed by atoms with Gasteiger partial charge in [-0.05, 0) is 85.2 Å². The Balaban J connectivity index is 1.21. The van der Waals surface area contributed by atoms with Crippen molar-refractivity contribution >= 4 is 15.9 Å². The third-order valence-electron chi connectivity index (χ3n) is 9.83. The molecule has 1 aromatic heterocycles. The van der Waals surface area contributed by atoms with Crippen LogP contribution in [0.25, 0.3) is 0 Å². The lowest BCUT2D eigenvalue weighted by molar-refractivity contribution is -0.113. The Morgan fingerprint density at radius 1 is 1.00 bits per heavy atom. The predicted octanol–water partition coefficient (Wildman–Crippen LogP) is 3.16. The Morgan fingerprint density at radius 3 is 2.18 bits per heavy atom. The number of hydrogen-bond acceptors (Lipinski definition) is 7. The highest BCUT2D eigenvalue weighted by molar-refractivity contribution is 7.90. The molecule has 3 saturated heterocycles. The van der Waals surface area contributed by atoms with Crippen LogP contribution in [0.3, 0.4) is 0 Å². The van der Waals surface area contributed by atoms with Gasteiger partial charge in [-0.25, -0.2) is 18.4 Å². The minimum atomic E-state index is -3.17. The lowest BCUT2D eigenvalue weighted by atomic mass is 9.68. The van der Waals surface area contributed by atoms with Gasteiger partial charge < -0.3 is 9.64 Å². The molecule has 4 aliphatic rings. The molecule has 0 radical (unpaired) electrons. The SMILES string of the molecule is CCCOC1CN(S(=O)(=O)C2CC2)CCC12CCN(C1(C)CCN(C(=O)c3c(C)ncnc3C)CC1)CC2. The van der Waals surface area contributed by atoms with Gasteiger partial charge in [-0.3, -0.25) is 9.69 Å². The second-order valence-electron chi connectivity index (χ2n) is 12.3. The van der Waals surface area contributed by atoms with E-state index in [2.05, 4.69) is 28.7 Å². The molecule has 10 heteroatoms. The zero-order valence-corrected chi connectivity index (χ0v) is 24.4. The van der Waals surface area contributed by atoms with Crippen molar-refractivity contribution in [2.75, 3.05) is 45.9 Å². The Bertz CT molecular complexity index is 1100. The number of piperidine rings is 3. The maximum absolute atomic E-state index is 13.3. The summed E-state index contributed by atoms with van der Waals surface area (Å²) in [5.74, 6) is 0.0454. The molecule has 1 saturated carbocycles. The number of nitrogens with zero attached hydrogens (tertiary/aromatic N) is 5. The molecular weight excluding hydrogens is 502 g/mol. The van der Waals surface area contributed by atoms with Crippen molar-refractivity contribution in [3.8, 4) is 0 Å². The quantitative estimate of drug-likeness (QED) is 0.517. The van der Waals surface area contributed by atoms with Gasteiger partial charge in [-0.1, -0.05) is 6.92 Å². The fraction of sp³-hybridized carbons (Fsp3) is 0.821. The largest absolute Gasteiger partial charge is 0.376 e. The minimum absolute atomic E-state index is 0.0290. The number of aromatic nitrogens is 2. The molecule has 9 nitrogen and oxygen atoms in total. The summed E-state index contributed by atoms with van der Waals surface area (Å²) in [5, 5.41) is -0.162. The molecule has 1 aliphatic carbocycles. The smallest absolute Gasteiger partial charge is 0.257 e. The fourth-order valence-corrected chi connectivity index (χ4v) is 8.75. The van der Waals surface area contributed by atoms with E-state index in [9.17, 15) is 13.2 Å². The van der Waals surface area contributed by atoms with E-state index in [0.717, 1.165) is 88.9 Å². The van der Waals surface area contributed by atoms with Crippen molar-refractivity contribution in [3.63, 3.8) is 0 Å². The van der Waals surface area contributed by atoms with Gasteiger partial charge in [0.05, 0.1) is 28.3 Å². The molecule has 5 rings (SSSR count). The number of hydrogen-bond donors (Lipinski definition) is 0. The van der Waals surface area contributed by atoms with Crippen molar-refractivity contribution in [1.82, 2.24) is 24.1 Å².